The monoisotopic (exact) mass is 577 g/mol. The van der Waals surface area contributed by atoms with Gasteiger partial charge in [0.25, 0.3) is 0 Å². The number of aromatic nitrogens is 1. The lowest BCUT2D eigenvalue weighted by molar-refractivity contribution is -0.365. The molecule has 8 atom stereocenters. The summed E-state index contributed by atoms with van der Waals surface area (Å²) in [6.45, 7) is 4.80. The Kier molecular flexibility index (Phi) is 9.42. The molecule has 1 saturated heterocycles. The number of carbonyl (C=O) groups excluding carboxylic acids is 1. The number of nitrogens with one attached hydrogen (secondary N) is 1. The van der Waals surface area contributed by atoms with Crippen molar-refractivity contribution in [2.75, 3.05) is 20.3 Å². The van der Waals surface area contributed by atoms with Crippen molar-refractivity contribution >= 4 is 23.8 Å². The van der Waals surface area contributed by atoms with Gasteiger partial charge in [-0.25, -0.2) is 4.79 Å². The van der Waals surface area contributed by atoms with Gasteiger partial charge in [-0.05, 0) is 31.4 Å². The smallest absolute Gasteiger partial charge is 0.333 e. The van der Waals surface area contributed by atoms with Crippen molar-refractivity contribution in [3.8, 4) is 0 Å². The van der Waals surface area contributed by atoms with Gasteiger partial charge in [0.05, 0.1) is 31.6 Å². The number of carboxylic acids is 1. The zero-order valence-electron chi connectivity index (χ0n) is 23.2. The summed E-state index contributed by atoms with van der Waals surface area (Å²) in [5.74, 6) is -2.83. The largest absolute Gasteiger partial charge is 0.481 e. The number of aromatic amines is 1. The molecule has 2 aliphatic heterocycles. The molecule has 12 nitrogen and oxygen atoms in total. The SMILES string of the molecule is C=CC1C(OC2OC(CO)C3(C=c4cc[nH]c4=C(CCCO)O3)C(O)C2(O)CC)CC=C(C(=O)OC)C1CC(=O)O. The molecule has 226 valence electrons. The normalized spacial score (nSPS) is 34.7. The topological polar surface area (TPSA) is 188 Å². The molecule has 1 aromatic rings. The van der Waals surface area contributed by atoms with Crippen LogP contribution in [0.4, 0.5) is 0 Å². The molecule has 41 heavy (non-hydrogen) atoms. The number of H-pyrrole nitrogens is 1. The van der Waals surface area contributed by atoms with Gasteiger partial charge in [-0.3, -0.25) is 4.79 Å². The second kappa shape index (κ2) is 12.5. The summed E-state index contributed by atoms with van der Waals surface area (Å²) in [5, 5.41) is 54.5. The van der Waals surface area contributed by atoms with E-state index in [9.17, 15) is 35.1 Å². The van der Waals surface area contributed by atoms with Gasteiger partial charge in [-0.1, -0.05) is 19.1 Å². The van der Waals surface area contributed by atoms with Crippen molar-refractivity contribution < 1.29 is 54.1 Å². The number of carboxylic acid groups (broad SMARTS) is 1. The molecule has 1 aromatic heterocycles. The van der Waals surface area contributed by atoms with Crippen LogP contribution in [-0.4, -0.2) is 98.6 Å². The van der Waals surface area contributed by atoms with Gasteiger partial charge in [-0.15, -0.1) is 6.58 Å². The molecular formula is C29H39NO11. The predicted molar refractivity (Wildman–Crippen MR) is 144 cm³/mol. The van der Waals surface area contributed by atoms with Gasteiger partial charge in [0.15, 0.2) is 11.9 Å². The third-order valence-electron chi connectivity index (χ3n) is 8.38. The Morgan fingerprint density at radius 1 is 1.32 bits per heavy atom. The number of hydrogen-bond donors (Lipinski definition) is 6. The maximum atomic E-state index is 12.4. The van der Waals surface area contributed by atoms with Crippen LogP contribution in [0, 0.1) is 11.8 Å². The van der Waals surface area contributed by atoms with Gasteiger partial charge in [0.2, 0.25) is 0 Å². The van der Waals surface area contributed by atoms with E-state index in [2.05, 4.69) is 11.6 Å². The Hall–Kier alpha value is -3.00. The Morgan fingerprint density at radius 2 is 2.07 bits per heavy atom. The molecule has 0 bridgehead atoms. The second-order valence-electron chi connectivity index (χ2n) is 10.6. The average molecular weight is 578 g/mol. The second-order valence-corrected chi connectivity index (χ2v) is 10.6. The van der Waals surface area contributed by atoms with Crippen LogP contribution in [-0.2, 0) is 28.5 Å². The molecule has 4 rings (SSSR count). The molecule has 8 unspecified atom stereocenters. The molecule has 1 spiro atoms. The lowest BCUT2D eigenvalue weighted by Gasteiger charge is -2.55. The molecule has 0 aromatic carbocycles. The highest BCUT2D eigenvalue weighted by Crippen LogP contribution is 2.46. The minimum atomic E-state index is -2.03. The highest BCUT2D eigenvalue weighted by atomic mass is 16.7. The lowest BCUT2D eigenvalue weighted by atomic mass is 9.73. The Bertz CT molecular complexity index is 1290. The first-order valence-corrected chi connectivity index (χ1v) is 13.7. The fourth-order valence-electron chi connectivity index (χ4n) is 6.18. The van der Waals surface area contributed by atoms with Crippen LogP contribution in [0.1, 0.15) is 39.0 Å². The zero-order valence-corrected chi connectivity index (χ0v) is 23.2. The van der Waals surface area contributed by atoms with Gasteiger partial charge in [0, 0.05) is 41.9 Å². The first-order valence-electron chi connectivity index (χ1n) is 13.7. The fraction of sp³-hybridized carbons (Fsp3) is 0.586. The maximum absolute atomic E-state index is 12.4. The molecule has 3 heterocycles. The number of rotatable bonds is 11. The van der Waals surface area contributed by atoms with Crippen LogP contribution in [0.25, 0.3) is 11.8 Å². The number of aliphatic hydroxyl groups is 4. The average Bonchev–Trinajstić information content (AvgIpc) is 3.44. The molecule has 6 N–H and O–H groups in total. The molecule has 1 fully saturated rings. The Balaban J connectivity index is 1.70. The standard InChI is InChI=1S/C29H39NO11/c1-4-17-19(13-23(33)34)18(25(35)38-3)8-9-20(17)39-27-28(37,5-2)26(36)29(22(15-32)40-27)14-16-10-11-30-24(16)21(41-29)7-6-12-31/h4,8,10-11,14,17,19-20,22,26-27,30-32,36-37H,1,5-7,9,12-13,15H2,2-3H3,(H,33,34). The number of ether oxygens (including phenoxy) is 4. The Labute approximate surface area is 237 Å². The quantitative estimate of drug-likeness (QED) is 0.146. The van der Waals surface area contributed by atoms with Crippen LogP contribution >= 0.6 is 0 Å². The van der Waals surface area contributed by atoms with Crippen LogP contribution in [0.2, 0.25) is 0 Å². The summed E-state index contributed by atoms with van der Waals surface area (Å²) in [6.07, 6.45) is 1.76. The summed E-state index contributed by atoms with van der Waals surface area (Å²) >= 11 is 0. The van der Waals surface area contributed by atoms with Crippen LogP contribution in [0.15, 0.2) is 36.6 Å². The summed E-state index contributed by atoms with van der Waals surface area (Å²) < 4.78 is 23.6. The molecule has 0 radical (unpaired) electrons. The third-order valence-corrected chi connectivity index (χ3v) is 8.38. The molecule has 1 aliphatic carbocycles. The number of carbonyl (C=O) groups is 2. The molecular weight excluding hydrogens is 538 g/mol. The van der Waals surface area contributed by atoms with E-state index in [1.807, 2.05) is 0 Å². The maximum Gasteiger partial charge on any atom is 0.333 e. The van der Waals surface area contributed by atoms with Crippen LogP contribution in [0.5, 0.6) is 0 Å². The Morgan fingerprint density at radius 3 is 2.68 bits per heavy atom. The predicted octanol–water partition coefficient (Wildman–Crippen LogP) is -0.554. The van der Waals surface area contributed by atoms with Crippen molar-refractivity contribution in [2.45, 2.75) is 74.8 Å². The number of aliphatic carboxylic acids is 1. The molecule has 0 amide bonds. The van der Waals surface area contributed by atoms with Gasteiger partial charge < -0.3 is 49.5 Å². The molecule has 12 heteroatoms. The van der Waals surface area contributed by atoms with E-state index >= 15 is 0 Å². The van der Waals surface area contributed by atoms with Gasteiger partial charge in [0.1, 0.15) is 23.6 Å². The minimum absolute atomic E-state index is 0.0326. The zero-order chi connectivity index (χ0) is 29.9. The van der Waals surface area contributed by atoms with E-state index in [0.717, 1.165) is 0 Å². The van der Waals surface area contributed by atoms with Gasteiger partial charge >= 0.3 is 11.9 Å². The molecule has 0 saturated carbocycles. The van der Waals surface area contributed by atoms with Crippen molar-refractivity contribution in [3.63, 3.8) is 0 Å². The number of methoxy groups -OCH3 is 1. The van der Waals surface area contributed by atoms with E-state index in [1.165, 1.54) is 13.2 Å². The van der Waals surface area contributed by atoms with Crippen molar-refractivity contribution in [1.82, 2.24) is 4.98 Å². The highest BCUT2D eigenvalue weighted by Gasteiger charge is 2.64. The lowest BCUT2D eigenvalue weighted by Crippen LogP contribution is -2.74. The number of hydrogen-bond acceptors (Lipinski definition) is 10. The number of esters is 1. The van der Waals surface area contributed by atoms with E-state index in [4.69, 9.17) is 18.9 Å². The summed E-state index contributed by atoms with van der Waals surface area (Å²) in [5.41, 5.74) is -3.52. The fourth-order valence-corrected chi connectivity index (χ4v) is 6.18. The van der Waals surface area contributed by atoms with Crippen LogP contribution < -0.4 is 10.6 Å². The number of fused-ring (bicyclic) bond motifs is 1. The van der Waals surface area contributed by atoms with Crippen molar-refractivity contribution in [3.05, 3.63) is 47.1 Å². The van der Waals surface area contributed by atoms with E-state index in [-0.39, 0.29) is 31.4 Å². The van der Waals surface area contributed by atoms with E-state index < -0.39 is 66.2 Å². The van der Waals surface area contributed by atoms with E-state index in [0.29, 0.717) is 29.2 Å². The minimum Gasteiger partial charge on any atom is -0.481 e. The van der Waals surface area contributed by atoms with Crippen molar-refractivity contribution in [1.29, 1.82) is 0 Å². The van der Waals surface area contributed by atoms with Crippen molar-refractivity contribution in [2.24, 2.45) is 11.8 Å². The molecule has 3 aliphatic rings. The van der Waals surface area contributed by atoms with Crippen LogP contribution in [0.3, 0.4) is 0 Å². The summed E-state index contributed by atoms with van der Waals surface area (Å²) in [7, 11) is 1.21. The van der Waals surface area contributed by atoms with Gasteiger partial charge in [-0.2, -0.15) is 0 Å². The third kappa shape index (κ3) is 5.47. The summed E-state index contributed by atoms with van der Waals surface area (Å²) in [6, 6.07) is 1.78. The van der Waals surface area contributed by atoms with E-state index in [1.54, 1.807) is 31.3 Å². The number of aliphatic hydroxyl groups excluding tert-OH is 3. The first-order chi connectivity index (χ1) is 19.6. The first kappa shape index (κ1) is 30.9. The summed E-state index contributed by atoms with van der Waals surface area (Å²) in [4.78, 5) is 27.2. The highest BCUT2D eigenvalue weighted by molar-refractivity contribution is 5.90.